The van der Waals surface area contributed by atoms with Crippen LogP contribution in [0.5, 0.6) is 0 Å². The van der Waals surface area contributed by atoms with Gasteiger partial charge >= 0.3 is 0 Å². The molecular weight excluding hydrogens is 232 g/mol. The molecule has 0 saturated carbocycles. The molecule has 0 aliphatic heterocycles. The average Bonchev–Trinajstić information content (AvgIpc) is 2.61. The molecule has 15 heavy (non-hydrogen) atoms. The van der Waals surface area contributed by atoms with Crippen molar-refractivity contribution in [3.8, 4) is 6.07 Å². The maximum absolute atomic E-state index is 11.6. The van der Waals surface area contributed by atoms with Gasteiger partial charge in [0.05, 0.1) is 4.21 Å². The van der Waals surface area contributed by atoms with Crippen molar-refractivity contribution in [2.75, 3.05) is 12.1 Å². The maximum atomic E-state index is 11.6. The zero-order chi connectivity index (χ0) is 11.0. The lowest BCUT2D eigenvalue weighted by Crippen LogP contribution is -2.26. The van der Waals surface area contributed by atoms with Crippen LogP contribution in [0.4, 0.5) is 0 Å². The highest BCUT2D eigenvalue weighted by Gasteiger charge is 2.15. The van der Waals surface area contributed by atoms with Crippen LogP contribution < -0.4 is 11.4 Å². The van der Waals surface area contributed by atoms with E-state index in [4.69, 9.17) is 11.1 Å². The third-order valence-corrected chi connectivity index (χ3v) is 4.17. The highest BCUT2D eigenvalue weighted by atomic mass is 32.2. The third kappa shape index (κ3) is 1.38. The summed E-state index contributed by atoms with van der Waals surface area (Å²) in [7, 11) is 0. The lowest BCUT2D eigenvalue weighted by atomic mass is 10.3. The van der Waals surface area contributed by atoms with Gasteiger partial charge in [-0.05, 0) is 6.26 Å². The molecule has 5 nitrogen and oxygen atoms in total. The van der Waals surface area contributed by atoms with Crippen LogP contribution >= 0.6 is 23.1 Å². The average molecular weight is 238 g/mol. The van der Waals surface area contributed by atoms with Gasteiger partial charge in [-0.1, -0.05) is 0 Å². The molecule has 2 aromatic rings. The second kappa shape index (κ2) is 3.56. The number of thioether (sulfide) groups is 1. The number of hydrogen-bond acceptors (Lipinski definition) is 6. The number of nitriles is 1. The first-order chi connectivity index (χ1) is 7.19. The van der Waals surface area contributed by atoms with Crippen molar-refractivity contribution in [3.63, 3.8) is 0 Å². The Morgan fingerprint density at radius 3 is 3.07 bits per heavy atom. The van der Waals surface area contributed by atoms with Crippen LogP contribution in [0.15, 0.2) is 15.3 Å². The van der Waals surface area contributed by atoms with Gasteiger partial charge in [0.2, 0.25) is 0 Å². The minimum atomic E-state index is -0.318. The summed E-state index contributed by atoms with van der Waals surface area (Å²) in [5, 5.41) is 8.96. The zero-order valence-electron chi connectivity index (χ0n) is 7.72. The Morgan fingerprint density at radius 2 is 2.47 bits per heavy atom. The Kier molecular flexibility index (Phi) is 2.38. The van der Waals surface area contributed by atoms with Crippen LogP contribution in [0, 0.1) is 11.3 Å². The molecule has 2 heterocycles. The molecule has 0 spiro atoms. The van der Waals surface area contributed by atoms with E-state index in [9.17, 15) is 4.79 Å². The molecule has 2 rings (SSSR count). The summed E-state index contributed by atoms with van der Waals surface area (Å²) < 4.78 is 2.15. The monoisotopic (exact) mass is 238 g/mol. The van der Waals surface area contributed by atoms with Crippen LogP contribution in [0.25, 0.3) is 10.2 Å². The predicted molar refractivity (Wildman–Crippen MR) is 60.5 cm³/mol. The van der Waals surface area contributed by atoms with E-state index in [0.717, 1.165) is 8.89 Å². The van der Waals surface area contributed by atoms with Crippen molar-refractivity contribution in [2.45, 2.75) is 4.21 Å². The fourth-order valence-electron chi connectivity index (χ4n) is 1.20. The molecule has 0 aliphatic rings. The van der Waals surface area contributed by atoms with E-state index >= 15 is 0 Å². The van der Waals surface area contributed by atoms with Crippen LogP contribution in [-0.4, -0.2) is 15.9 Å². The van der Waals surface area contributed by atoms with Gasteiger partial charge in [0, 0.05) is 0 Å². The smallest absolute Gasteiger partial charge is 0.289 e. The molecule has 0 aromatic carbocycles. The van der Waals surface area contributed by atoms with Gasteiger partial charge < -0.3 is 5.84 Å². The molecular formula is C8H6N4OS2. The van der Waals surface area contributed by atoms with Gasteiger partial charge in [0.1, 0.15) is 28.2 Å². The Hall–Kier alpha value is -1.52. The van der Waals surface area contributed by atoms with Gasteiger partial charge in [-0.3, -0.25) is 4.79 Å². The molecule has 0 unspecified atom stereocenters. The molecule has 7 heteroatoms. The molecule has 0 amide bonds. The molecule has 0 bridgehead atoms. The molecule has 2 aromatic heterocycles. The van der Waals surface area contributed by atoms with Crippen molar-refractivity contribution in [1.82, 2.24) is 9.66 Å². The number of nitrogen functional groups attached to an aromatic ring is 1. The molecule has 0 radical (unpaired) electrons. The molecule has 0 fully saturated rings. The second-order valence-electron chi connectivity index (χ2n) is 2.72. The Morgan fingerprint density at radius 1 is 1.73 bits per heavy atom. The zero-order valence-corrected chi connectivity index (χ0v) is 9.35. The topological polar surface area (TPSA) is 84.7 Å². The second-order valence-corrected chi connectivity index (χ2v) is 4.81. The van der Waals surface area contributed by atoms with E-state index in [1.54, 1.807) is 0 Å². The van der Waals surface area contributed by atoms with Gasteiger partial charge in [-0.25, -0.2) is 9.66 Å². The van der Waals surface area contributed by atoms with E-state index in [2.05, 4.69) is 11.1 Å². The lowest BCUT2D eigenvalue weighted by Gasteiger charge is -1.94. The van der Waals surface area contributed by atoms with E-state index in [0.29, 0.717) is 15.8 Å². The SMILES string of the molecule is CSc1sc2c(=O)n(N)cnc2c1C#N. The van der Waals surface area contributed by atoms with Gasteiger partial charge in [-0.15, -0.1) is 23.1 Å². The van der Waals surface area contributed by atoms with Crippen LogP contribution in [0.1, 0.15) is 5.56 Å². The Labute approximate surface area is 93.1 Å². The summed E-state index contributed by atoms with van der Waals surface area (Å²) in [6.45, 7) is 0. The van der Waals surface area contributed by atoms with E-state index in [1.165, 1.54) is 29.4 Å². The minimum Gasteiger partial charge on any atom is -0.335 e. The number of thiophene rings is 1. The first kappa shape index (κ1) is 10.0. The summed E-state index contributed by atoms with van der Waals surface area (Å²) in [6.07, 6.45) is 3.08. The predicted octanol–water partition coefficient (Wildman–Crippen LogP) is 0.765. The Bertz CT molecular complexity index is 622. The number of fused-ring (bicyclic) bond motifs is 1. The molecule has 0 aliphatic carbocycles. The van der Waals surface area contributed by atoms with Crippen molar-refractivity contribution >= 4 is 33.3 Å². The van der Waals surface area contributed by atoms with Gasteiger partial charge in [0.25, 0.3) is 5.56 Å². The normalized spacial score (nSPS) is 10.4. The van der Waals surface area contributed by atoms with E-state index in [1.807, 2.05) is 6.26 Å². The van der Waals surface area contributed by atoms with Crippen molar-refractivity contribution in [3.05, 3.63) is 22.2 Å². The van der Waals surface area contributed by atoms with Crippen molar-refractivity contribution in [2.24, 2.45) is 0 Å². The number of hydrogen-bond donors (Lipinski definition) is 1. The third-order valence-electron chi connectivity index (χ3n) is 1.89. The highest BCUT2D eigenvalue weighted by molar-refractivity contribution is 8.00. The van der Waals surface area contributed by atoms with Gasteiger partial charge in [0.15, 0.2) is 0 Å². The molecule has 0 saturated heterocycles. The molecule has 76 valence electrons. The summed E-state index contributed by atoms with van der Waals surface area (Å²) >= 11 is 2.68. The summed E-state index contributed by atoms with van der Waals surface area (Å²) in [5.41, 5.74) is 0.584. The summed E-state index contributed by atoms with van der Waals surface area (Å²) in [5.74, 6) is 5.39. The lowest BCUT2D eigenvalue weighted by molar-refractivity contribution is 0.916. The quantitative estimate of drug-likeness (QED) is 0.585. The van der Waals surface area contributed by atoms with Crippen LogP contribution in [0.2, 0.25) is 0 Å². The number of nitrogens with zero attached hydrogens (tertiary/aromatic N) is 3. The van der Waals surface area contributed by atoms with Crippen molar-refractivity contribution in [1.29, 1.82) is 5.26 Å². The fraction of sp³-hybridized carbons (Fsp3) is 0.125. The summed E-state index contributed by atoms with van der Waals surface area (Å²) in [6, 6.07) is 2.05. The number of rotatable bonds is 1. The first-order valence-corrected chi connectivity index (χ1v) is 5.96. The number of aromatic nitrogens is 2. The van der Waals surface area contributed by atoms with E-state index < -0.39 is 0 Å². The minimum absolute atomic E-state index is 0.318. The van der Waals surface area contributed by atoms with Crippen LogP contribution in [-0.2, 0) is 0 Å². The summed E-state index contributed by atoms with van der Waals surface area (Å²) in [4.78, 5) is 15.6. The number of nitrogens with two attached hydrogens (primary N) is 1. The molecule has 2 N–H and O–H groups in total. The van der Waals surface area contributed by atoms with Crippen LogP contribution in [0.3, 0.4) is 0 Å². The first-order valence-electron chi connectivity index (χ1n) is 3.92. The largest absolute Gasteiger partial charge is 0.335 e. The molecule has 0 atom stereocenters. The highest BCUT2D eigenvalue weighted by Crippen LogP contribution is 2.33. The van der Waals surface area contributed by atoms with E-state index in [-0.39, 0.29) is 5.56 Å². The van der Waals surface area contributed by atoms with Crippen molar-refractivity contribution < 1.29 is 0 Å². The standard InChI is InChI=1S/C8H6N4OS2/c1-14-8-4(2-9)5-6(15-8)7(13)12(10)3-11-5/h3H,10H2,1H3. The fourth-order valence-corrected chi connectivity index (χ4v) is 3.01. The van der Waals surface area contributed by atoms with Gasteiger partial charge in [-0.2, -0.15) is 5.26 Å². The maximum Gasteiger partial charge on any atom is 0.289 e. The Balaban J connectivity index is 2.96.